The maximum absolute atomic E-state index is 13.4. The molecule has 0 amide bonds. The molecule has 0 aliphatic rings. The Bertz CT molecular complexity index is 312. The van der Waals surface area contributed by atoms with Gasteiger partial charge in [-0.3, -0.25) is 0 Å². The van der Waals surface area contributed by atoms with Crippen LogP contribution in [0.1, 0.15) is 19.5 Å². The molecule has 0 aromatic carbocycles. The zero-order valence-electron chi connectivity index (χ0n) is 7.64. The summed E-state index contributed by atoms with van der Waals surface area (Å²) < 4.78 is 18.2. The van der Waals surface area contributed by atoms with Crippen LogP contribution in [-0.2, 0) is 5.67 Å². The molecule has 0 aliphatic carbocycles. The first kappa shape index (κ1) is 10.2. The van der Waals surface area contributed by atoms with Crippen LogP contribution < -0.4 is 4.74 Å². The lowest BCUT2D eigenvalue weighted by atomic mass is 10.1. The number of rotatable bonds is 2. The number of aromatic nitrogens is 2. The molecule has 3 nitrogen and oxygen atoms in total. The molecule has 0 radical (unpaired) electrons. The van der Waals surface area contributed by atoms with Gasteiger partial charge in [-0.05, 0) is 25.4 Å². The average molecular weight is 205 g/mol. The molecule has 1 heterocycles. The van der Waals surface area contributed by atoms with E-state index in [4.69, 9.17) is 16.3 Å². The fourth-order valence-electron chi connectivity index (χ4n) is 0.806. The van der Waals surface area contributed by atoms with Gasteiger partial charge in [-0.25, -0.2) is 9.37 Å². The second-order valence-corrected chi connectivity index (χ2v) is 3.38. The molecule has 72 valence electrons. The van der Waals surface area contributed by atoms with Gasteiger partial charge in [-0.15, -0.1) is 0 Å². The Kier molecular flexibility index (Phi) is 2.71. The van der Waals surface area contributed by atoms with Crippen LogP contribution in [-0.4, -0.2) is 17.1 Å². The van der Waals surface area contributed by atoms with Gasteiger partial charge < -0.3 is 4.74 Å². The number of alkyl halides is 1. The summed E-state index contributed by atoms with van der Waals surface area (Å²) in [5.41, 5.74) is -1.33. The Morgan fingerprint density at radius 2 is 2.08 bits per heavy atom. The molecule has 0 bridgehead atoms. The normalized spacial score (nSPS) is 11.5. The molecule has 0 saturated heterocycles. The van der Waals surface area contributed by atoms with Gasteiger partial charge in [-0.2, -0.15) is 4.98 Å². The van der Waals surface area contributed by atoms with Crippen LogP contribution in [0.2, 0.25) is 5.28 Å². The molecule has 0 aliphatic heterocycles. The summed E-state index contributed by atoms with van der Waals surface area (Å²) in [4.78, 5) is 7.48. The Morgan fingerprint density at radius 1 is 1.46 bits per heavy atom. The molecule has 0 fully saturated rings. The van der Waals surface area contributed by atoms with Crippen molar-refractivity contribution in [1.29, 1.82) is 0 Å². The monoisotopic (exact) mass is 204 g/mol. The molecule has 0 unspecified atom stereocenters. The van der Waals surface area contributed by atoms with Crippen molar-refractivity contribution < 1.29 is 9.13 Å². The van der Waals surface area contributed by atoms with E-state index in [0.717, 1.165) is 0 Å². The van der Waals surface area contributed by atoms with E-state index in [1.807, 2.05) is 0 Å². The molecule has 5 heteroatoms. The second-order valence-electron chi connectivity index (χ2n) is 3.04. The first-order valence-corrected chi connectivity index (χ1v) is 4.09. The summed E-state index contributed by atoms with van der Waals surface area (Å²) in [5, 5.41) is -0.0138. The highest BCUT2D eigenvalue weighted by Gasteiger charge is 2.22. The molecule has 1 aromatic rings. The van der Waals surface area contributed by atoms with Crippen molar-refractivity contribution in [2.75, 3.05) is 7.11 Å². The van der Waals surface area contributed by atoms with E-state index in [9.17, 15) is 4.39 Å². The zero-order valence-corrected chi connectivity index (χ0v) is 8.39. The Balaban J connectivity index is 3.16. The van der Waals surface area contributed by atoms with Crippen LogP contribution in [0, 0.1) is 0 Å². The van der Waals surface area contributed by atoms with Crippen molar-refractivity contribution in [1.82, 2.24) is 9.97 Å². The second kappa shape index (κ2) is 3.46. The van der Waals surface area contributed by atoms with Crippen molar-refractivity contribution >= 4 is 11.6 Å². The molecule has 1 rings (SSSR count). The SMILES string of the molecule is COc1cc(C(C)(C)F)nc(Cl)n1. The van der Waals surface area contributed by atoms with Gasteiger partial charge in [0.25, 0.3) is 0 Å². The minimum absolute atomic E-state index is 0.0138. The summed E-state index contributed by atoms with van der Waals surface area (Å²) >= 11 is 5.57. The standard InChI is InChI=1S/C8H10ClFN2O/c1-8(2,10)5-4-6(13-3)12-7(9)11-5/h4H,1-3H3. The Labute approximate surface area is 80.9 Å². The van der Waals surface area contributed by atoms with E-state index >= 15 is 0 Å². The Morgan fingerprint density at radius 3 is 2.54 bits per heavy atom. The fourth-order valence-corrected chi connectivity index (χ4v) is 0.980. The third-order valence-electron chi connectivity index (χ3n) is 1.49. The first-order chi connectivity index (χ1) is 5.93. The number of hydrogen-bond donors (Lipinski definition) is 0. The number of hydrogen-bond acceptors (Lipinski definition) is 3. The van der Waals surface area contributed by atoms with Crippen LogP contribution in [0.4, 0.5) is 4.39 Å². The summed E-state index contributed by atoms with van der Waals surface area (Å²) in [6.07, 6.45) is 0. The maximum Gasteiger partial charge on any atom is 0.226 e. The van der Waals surface area contributed by atoms with E-state index < -0.39 is 5.67 Å². The van der Waals surface area contributed by atoms with E-state index in [0.29, 0.717) is 0 Å². The van der Waals surface area contributed by atoms with Crippen LogP contribution >= 0.6 is 11.6 Å². The highest BCUT2D eigenvalue weighted by atomic mass is 35.5. The quantitative estimate of drug-likeness (QED) is 0.694. The van der Waals surface area contributed by atoms with Crippen molar-refractivity contribution in [3.05, 3.63) is 17.0 Å². The topological polar surface area (TPSA) is 35.0 Å². The van der Waals surface area contributed by atoms with Crippen LogP contribution in [0.25, 0.3) is 0 Å². The highest BCUT2D eigenvalue weighted by molar-refractivity contribution is 6.28. The molecule has 0 spiro atoms. The van der Waals surface area contributed by atoms with Gasteiger partial charge >= 0.3 is 0 Å². The van der Waals surface area contributed by atoms with Gasteiger partial charge in [0.05, 0.1) is 12.8 Å². The van der Waals surface area contributed by atoms with Crippen molar-refractivity contribution in [3.8, 4) is 5.88 Å². The molecule has 0 N–H and O–H groups in total. The lowest BCUT2D eigenvalue weighted by Crippen LogP contribution is -2.12. The number of halogens is 2. The molecule has 0 saturated carbocycles. The largest absolute Gasteiger partial charge is 0.481 e. The lowest BCUT2D eigenvalue weighted by molar-refractivity contribution is 0.213. The fraction of sp³-hybridized carbons (Fsp3) is 0.500. The van der Waals surface area contributed by atoms with Gasteiger partial charge in [0.15, 0.2) is 0 Å². The van der Waals surface area contributed by atoms with E-state index in [-0.39, 0.29) is 16.9 Å². The lowest BCUT2D eigenvalue weighted by Gasteiger charge is -2.13. The minimum Gasteiger partial charge on any atom is -0.481 e. The van der Waals surface area contributed by atoms with Gasteiger partial charge in [-0.1, -0.05) is 0 Å². The van der Waals surface area contributed by atoms with Crippen LogP contribution in [0.15, 0.2) is 6.07 Å². The predicted octanol–water partition coefficient (Wildman–Crippen LogP) is 2.34. The first-order valence-electron chi connectivity index (χ1n) is 3.71. The number of nitrogens with zero attached hydrogens (tertiary/aromatic N) is 2. The summed E-state index contributed by atoms with van der Waals surface area (Å²) in [6.45, 7) is 2.79. The van der Waals surface area contributed by atoms with Crippen molar-refractivity contribution in [2.45, 2.75) is 19.5 Å². The van der Waals surface area contributed by atoms with Crippen molar-refractivity contribution in [2.24, 2.45) is 0 Å². The highest BCUT2D eigenvalue weighted by Crippen LogP contribution is 2.25. The van der Waals surface area contributed by atoms with Crippen LogP contribution in [0.3, 0.4) is 0 Å². The predicted molar refractivity (Wildman–Crippen MR) is 47.7 cm³/mol. The summed E-state index contributed by atoms with van der Waals surface area (Å²) in [7, 11) is 1.44. The number of ether oxygens (including phenoxy) is 1. The summed E-state index contributed by atoms with van der Waals surface area (Å²) in [5.74, 6) is 0.265. The van der Waals surface area contributed by atoms with Gasteiger partial charge in [0, 0.05) is 6.07 Å². The molecule has 1 aromatic heterocycles. The zero-order chi connectivity index (χ0) is 10.1. The van der Waals surface area contributed by atoms with E-state index in [2.05, 4.69) is 9.97 Å². The summed E-state index contributed by atoms with van der Waals surface area (Å²) in [6, 6.07) is 1.42. The third kappa shape index (κ3) is 2.52. The minimum atomic E-state index is -1.54. The molecule has 0 atom stereocenters. The van der Waals surface area contributed by atoms with E-state index in [1.165, 1.54) is 27.0 Å². The van der Waals surface area contributed by atoms with Gasteiger partial charge in [0.1, 0.15) is 5.67 Å². The molecule has 13 heavy (non-hydrogen) atoms. The average Bonchev–Trinajstić information content (AvgIpc) is 2.01. The smallest absolute Gasteiger partial charge is 0.226 e. The third-order valence-corrected chi connectivity index (χ3v) is 1.66. The molecular weight excluding hydrogens is 195 g/mol. The Hall–Kier alpha value is -0.900. The maximum atomic E-state index is 13.4. The molecular formula is C8H10ClFN2O. The number of methoxy groups -OCH3 is 1. The van der Waals surface area contributed by atoms with E-state index in [1.54, 1.807) is 0 Å². The van der Waals surface area contributed by atoms with Crippen LogP contribution in [0.5, 0.6) is 5.88 Å². The van der Waals surface area contributed by atoms with Gasteiger partial charge in [0.2, 0.25) is 11.2 Å². The van der Waals surface area contributed by atoms with Crippen molar-refractivity contribution in [3.63, 3.8) is 0 Å².